The first-order chi connectivity index (χ1) is 16.4. The lowest BCUT2D eigenvalue weighted by Crippen LogP contribution is -2.56. The van der Waals surface area contributed by atoms with Crippen LogP contribution in [0.25, 0.3) is 0 Å². The summed E-state index contributed by atoms with van der Waals surface area (Å²) >= 11 is 0. The van der Waals surface area contributed by atoms with E-state index in [-0.39, 0.29) is 10.9 Å². The van der Waals surface area contributed by atoms with Gasteiger partial charge in [0.15, 0.2) is 0 Å². The zero-order valence-electron chi connectivity index (χ0n) is 20.4. The van der Waals surface area contributed by atoms with Crippen LogP contribution in [0.2, 0.25) is 0 Å². The highest BCUT2D eigenvalue weighted by molar-refractivity contribution is 7.89. The maximum atomic E-state index is 13.1. The van der Waals surface area contributed by atoms with Gasteiger partial charge in [0, 0.05) is 49.8 Å². The third-order valence-electron chi connectivity index (χ3n) is 8.14. The van der Waals surface area contributed by atoms with Crippen LogP contribution in [0, 0.1) is 5.92 Å². The SMILES string of the molecule is COc1ccc(OC)c(S(=O)(=O)NC[C@H]2C[C@@H]3CCN2C[C@H]3c2cc(C3CCCC3)nn2C)c1. The molecule has 1 aliphatic carbocycles. The number of nitrogens with one attached hydrogen (secondary N) is 1. The zero-order valence-corrected chi connectivity index (χ0v) is 21.2. The first kappa shape index (κ1) is 23.6. The van der Waals surface area contributed by atoms with Gasteiger partial charge in [0.2, 0.25) is 10.0 Å². The number of fused-ring (bicyclic) bond motifs is 3. The zero-order chi connectivity index (χ0) is 23.9. The normalized spacial score (nSPS) is 27.3. The van der Waals surface area contributed by atoms with Crippen molar-refractivity contribution >= 4 is 10.0 Å². The maximum absolute atomic E-state index is 13.1. The van der Waals surface area contributed by atoms with E-state index in [1.165, 1.54) is 57.4 Å². The lowest BCUT2D eigenvalue weighted by molar-refractivity contribution is 0.0306. The van der Waals surface area contributed by atoms with Gasteiger partial charge in [-0.15, -0.1) is 0 Å². The van der Waals surface area contributed by atoms with Gasteiger partial charge in [0.25, 0.3) is 0 Å². The van der Waals surface area contributed by atoms with Crippen molar-refractivity contribution < 1.29 is 17.9 Å². The Balaban J connectivity index is 1.26. The first-order valence-electron chi connectivity index (χ1n) is 12.4. The molecule has 0 amide bonds. The van der Waals surface area contributed by atoms with Crippen molar-refractivity contribution in [2.75, 3.05) is 33.9 Å². The number of piperidine rings is 3. The molecule has 1 saturated carbocycles. The number of nitrogens with zero attached hydrogens (tertiary/aromatic N) is 3. The second-order valence-corrected chi connectivity index (χ2v) is 11.7. The minimum atomic E-state index is -3.73. The van der Waals surface area contributed by atoms with Crippen molar-refractivity contribution in [2.45, 2.75) is 61.3 Å². The van der Waals surface area contributed by atoms with E-state index in [4.69, 9.17) is 14.6 Å². The average molecular weight is 489 g/mol. The number of aryl methyl sites for hydroxylation is 1. The predicted octanol–water partition coefficient (Wildman–Crippen LogP) is 3.25. The van der Waals surface area contributed by atoms with Crippen LogP contribution in [0.4, 0.5) is 0 Å². The van der Waals surface area contributed by atoms with Gasteiger partial charge in [-0.05, 0) is 56.3 Å². The number of ether oxygens (including phenoxy) is 2. The Kier molecular flexibility index (Phi) is 6.61. The Bertz CT molecular complexity index is 1130. The number of hydrogen-bond acceptors (Lipinski definition) is 6. The fourth-order valence-corrected chi connectivity index (χ4v) is 7.49. The lowest BCUT2D eigenvalue weighted by Gasteiger charge is -2.50. The Morgan fingerprint density at radius 3 is 2.59 bits per heavy atom. The molecule has 1 unspecified atom stereocenters. The molecular weight excluding hydrogens is 452 g/mol. The summed E-state index contributed by atoms with van der Waals surface area (Å²) < 4.78 is 41.7. The van der Waals surface area contributed by atoms with Crippen molar-refractivity contribution in [1.82, 2.24) is 19.4 Å². The van der Waals surface area contributed by atoms with Gasteiger partial charge in [0.1, 0.15) is 16.4 Å². The number of sulfonamides is 1. The smallest absolute Gasteiger partial charge is 0.244 e. The van der Waals surface area contributed by atoms with E-state index in [1.807, 2.05) is 0 Å². The molecule has 186 valence electrons. The van der Waals surface area contributed by atoms with Crippen LogP contribution in [0.15, 0.2) is 29.2 Å². The average Bonchev–Trinajstić information content (AvgIpc) is 3.52. The van der Waals surface area contributed by atoms with Gasteiger partial charge in [-0.1, -0.05) is 12.8 Å². The molecule has 2 aromatic rings. The number of methoxy groups -OCH3 is 2. The summed E-state index contributed by atoms with van der Waals surface area (Å²) in [6, 6.07) is 7.38. The summed E-state index contributed by atoms with van der Waals surface area (Å²) in [5.41, 5.74) is 2.61. The predicted molar refractivity (Wildman–Crippen MR) is 130 cm³/mol. The molecular formula is C25H36N4O4S. The number of rotatable bonds is 8. The molecule has 4 fully saturated rings. The largest absolute Gasteiger partial charge is 0.497 e. The fraction of sp³-hybridized carbons (Fsp3) is 0.640. The number of hydrogen-bond donors (Lipinski definition) is 1. The Morgan fingerprint density at radius 1 is 1.12 bits per heavy atom. The number of aromatic nitrogens is 2. The quantitative estimate of drug-likeness (QED) is 0.614. The summed E-state index contributed by atoms with van der Waals surface area (Å²) in [6.45, 7) is 2.37. The van der Waals surface area contributed by atoms with E-state index in [0.29, 0.717) is 35.8 Å². The summed E-state index contributed by atoms with van der Waals surface area (Å²) in [5, 5.41) is 4.89. The van der Waals surface area contributed by atoms with E-state index < -0.39 is 10.0 Å². The summed E-state index contributed by atoms with van der Waals surface area (Å²) in [7, 11) is 1.35. The van der Waals surface area contributed by atoms with Crippen LogP contribution in [-0.2, 0) is 17.1 Å². The van der Waals surface area contributed by atoms with Crippen molar-refractivity contribution in [3.63, 3.8) is 0 Å². The molecule has 4 aliphatic rings. The molecule has 1 aromatic heterocycles. The molecule has 0 spiro atoms. The van der Waals surface area contributed by atoms with Gasteiger partial charge >= 0.3 is 0 Å². The third kappa shape index (κ3) is 4.45. The molecule has 8 nitrogen and oxygen atoms in total. The van der Waals surface area contributed by atoms with Gasteiger partial charge < -0.3 is 9.47 Å². The van der Waals surface area contributed by atoms with Crippen LogP contribution in [-0.4, -0.2) is 63.0 Å². The molecule has 9 heteroatoms. The summed E-state index contributed by atoms with van der Waals surface area (Å²) in [6.07, 6.45) is 7.30. The van der Waals surface area contributed by atoms with E-state index >= 15 is 0 Å². The van der Waals surface area contributed by atoms with Crippen LogP contribution in [0.3, 0.4) is 0 Å². The maximum Gasteiger partial charge on any atom is 0.244 e. The first-order valence-corrected chi connectivity index (χ1v) is 13.9. The molecule has 1 N–H and O–H groups in total. The minimum Gasteiger partial charge on any atom is -0.497 e. The van der Waals surface area contributed by atoms with Gasteiger partial charge in [-0.2, -0.15) is 5.10 Å². The Morgan fingerprint density at radius 2 is 1.91 bits per heavy atom. The van der Waals surface area contributed by atoms with Gasteiger partial charge in [0.05, 0.1) is 19.9 Å². The molecule has 0 radical (unpaired) electrons. The van der Waals surface area contributed by atoms with Crippen LogP contribution in [0.1, 0.15) is 61.7 Å². The van der Waals surface area contributed by atoms with E-state index in [9.17, 15) is 8.42 Å². The van der Waals surface area contributed by atoms with Crippen LogP contribution < -0.4 is 14.2 Å². The highest BCUT2D eigenvalue weighted by atomic mass is 32.2. The topological polar surface area (TPSA) is 85.7 Å². The molecule has 3 saturated heterocycles. The second kappa shape index (κ2) is 9.51. The molecule has 2 bridgehead atoms. The summed E-state index contributed by atoms with van der Waals surface area (Å²) in [5.74, 6) is 2.44. The van der Waals surface area contributed by atoms with Gasteiger partial charge in [-0.25, -0.2) is 13.1 Å². The van der Waals surface area contributed by atoms with Crippen molar-refractivity contribution in [3.05, 3.63) is 35.7 Å². The molecule has 4 atom stereocenters. The highest BCUT2D eigenvalue weighted by Gasteiger charge is 2.42. The monoisotopic (exact) mass is 488 g/mol. The third-order valence-corrected chi connectivity index (χ3v) is 9.58. The van der Waals surface area contributed by atoms with Crippen LogP contribution in [0.5, 0.6) is 11.5 Å². The highest BCUT2D eigenvalue weighted by Crippen LogP contribution is 2.43. The fourth-order valence-electron chi connectivity index (χ4n) is 6.24. The molecule has 3 aliphatic heterocycles. The van der Waals surface area contributed by atoms with E-state index in [0.717, 1.165) is 25.9 Å². The summed E-state index contributed by atoms with van der Waals surface area (Å²) in [4.78, 5) is 2.57. The standard InChI is InChI=1S/C25H36N4O4S/c1-28-23(14-22(27-28)17-6-4-5-7-17)21-16-29-11-10-18(21)12-19(29)15-26-34(30,31)25-13-20(32-2)8-9-24(25)33-3/h8-9,13-14,17-19,21,26H,4-7,10-12,15-16H2,1-3H3/t18-,19+,21+/m0/s1. The molecule has 34 heavy (non-hydrogen) atoms. The molecule has 6 rings (SSSR count). The second-order valence-electron chi connectivity index (χ2n) is 10.0. The van der Waals surface area contributed by atoms with Crippen molar-refractivity contribution in [3.8, 4) is 11.5 Å². The Labute approximate surface area is 202 Å². The van der Waals surface area contributed by atoms with Crippen molar-refractivity contribution in [1.29, 1.82) is 0 Å². The van der Waals surface area contributed by atoms with Crippen LogP contribution >= 0.6 is 0 Å². The Hall–Kier alpha value is -2.10. The minimum absolute atomic E-state index is 0.109. The van der Waals surface area contributed by atoms with Gasteiger partial charge in [-0.3, -0.25) is 9.58 Å². The van der Waals surface area contributed by atoms with E-state index in [1.54, 1.807) is 12.1 Å². The molecule has 4 heterocycles. The van der Waals surface area contributed by atoms with E-state index in [2.05, 4.69) is 27.4 Å². The van der Waals surface area contributed by atoms with Crippen molar-refractivity contribution in [2.24, 2.45) is 13.0 Å². The molecule has 1 aromatic carbocycles. The lowest BCUT2D eigenvalue weighted by atomic mass is 9.74. The number of benzene rings is 1.